The van der Waals surface area contributed by atoms with Gasteiger partial charge in [0.05, 0.1) is 0 Å². The lowest BCUT2D eigenvalue weighted by Crippen LogP contribution is -2.36. The van der Waals surface area contributed by atoms with Gasteiger partial charge in [0.15, 0.2) is 0 Å². The van der Waals surface area contributed by atoms with Crippen LogP contribution in [-0.2, 0) is 16.1 Å². The van der Waals surface area contributed by atoms with Gasteiger partial charge in [0, 0.05) is 19.3 Å². The van der Waals surface area contributed by atoms with Crippen LogP contribution in [0.1, 0.15) is 11.1 Å². The first-order valence-electron chi connectivity index (χ1n) is 6.87. The van der Waals surface area contributed by atoms with E-state index in [1.807, 2.05) is 30.3 Å². The molecule has 0 bridgehead atoms. The number of anilines is 1. The van der Waals surface area contributed by atoms with Crippen molar-refractivity contribution in [2.75, 3.05) is 12.4 Å². The number of likely N-dealkylation sites (N-methyl/N-ethyl adjacent to an activating group) is 1. The highest BCUT2D eigenvalue weighted by atomic mass is 16.3. The molecule has 2 aromatic carbocycles. The highest BCUT2D eigenvalue weighted by molar-refractivity contribution is 6.39. The predicted molar refractivity (Wildman–Crippen MR) is 84.4 cm³/mol. The number of benzene rings is 2. The van der Waals surface area contributed by atoms with Crippen molar-refractivity contribution in [3.63, 3.8) is 0 Å². The zero-order valence-corrected chi connectivity index (χ0v) is 12.5. The van der Waals surface area contributed by atoms with Crippen LogP contribution in [0.5, 0.6) is 5.75 Å². The first-order chi connectivity index (χ1) is 10.5. The molecule has 2 rings (SSSR count). The van der Waals surface area contributed by atoms with Crippen molar-refractivity contribution in [3.05, 3.63) is 59.7 Å². The standard InChI is InChI=1S/C17H18N2O3/c1-12-10-14(20)8-9-15(12)18-16(21)17(22)19(2)11-13-6-4-3-5-7-13/h3-10,20H,11H2,1-2H3,(H,18,21). The molecular formula is C17H18N2O3. The van der Waals surface area contributed by atoms with Gasteiger partial charge in [0.2, 0.25) is 0 Å². The van der Waals surface area contributed by atoms with Crippen LogP contribution in [0.15, 0.2) is 48.5 Å². The fourth-order valence-corrected chi connectivity index (χ4v) is 2.07. The molecule has 22 heavy (non-hydrogen) atoms. The Kier molecular flexibility index (Phi) is 4.78. The van der Waals surface area contributed by atoms with Crippen LogP contribution < -0.4 is 5.32 Å². The summed E-state index contributed by atoms with van der Waals surface area (Å²) < 4.78 is 0. The van der Waals surface area contributed by atoms with Gasteiger partial charge in [-0.1, -0.05) is 30.3 Å². The number of carbonyl (C=O) groups is 2. The van der Waals surface area contributed by atoms with E-state index in [1.54, 1.807) is 20.0 Å². The monoisotopic (exact) mass is 298 g/mol. The Bertz CT molecular complexity index is 684. The van der Waals surface area contributed by atoms with Crippen LogP contribution in [0.2, 0.25) is 0 Å². The summed E-state index contributed by atoms with van der Waals surface area (Å²) in [6.45, 7) is 2.11. The Morgan fingerprint density at radius 2 is 1.82 bits per heavy atom. The summed E-state index contributed by atoms with van der Waals surface area (Å²) in [5, 5.41) is 11.9. The smallest absolute Gasteiger partial charge is 0.313 e. The van der Waals surface area contributed by atoms with Gasteiger partial charge in [0.25, 0.3) is 0 Å². The average molecular weight is 298 g/mol. The third kappa shape index (κ3) is 3.85. The van der Waals surface area contributed by atoms with Crippen LogP contribution in [0.3, 0.4) is 0 Å². The molecule has 0 saturated carbocycles. The Morgan fingerprint density at radius 1 is 1.14 bits per heavy atom. The summed E-state index contributed by atoms with van der Waals surface area (Å²) in [7, 11) is 1.58. The molecule has 0 heterocycles. The van der Waals surface area contributed by atoms with E-state index in [9.17, 15) is 14.7 Å². The average Bonchev–Trinajstić information content (AvgIpc) is 2.50. The van der Waals surface area contributed by atoms with Gasteiger partial charge >= 0.3 is 11.8 Å². The second-order valence-corrected chi connectivity index (χ2v) is 5.10. The number of amides is 2. The highest BCUT2D eigenvalue weighted by Gasteiger charge is 2.19. The molecule has 5 nitrogen and oxygen atoms in total. The molecule has 114 valence electrons. The predicted octanol–water partition coefficient (Wildman–Crippen LogP) is 2.30. The minimum atomic E-state index is -0.702. The first-order valence-corrected chi connectivity index (χ1v) is 6.87. The number of hydrogen-bond acceptors (Lipinski definition) is 3. The van der Waals surface area contributed by atoms with E-state index in [2.05, 4.69) is 5.32 Å². The van der Waals surface area contributed by atoms with E-state index in [1.165, 1.54) is 17.0 Å². The summed E-state index contributed by atoms with van der Waals surface area (Å²) in [5.41, 5.74) is 2.14. The third-order valence-corrected chi connectivity index (χ3v) is 3.26. The minimum absolute atomic E-state index is 0.114. The topological polar surface area (TPSA) is 69.6 Å². The lowest BCUT2D eigenvalue weighted by Gasteiger charge is -2.17. The zero-order chi connectivity index (χ0) is 16.1. The maximum Gasteiger partial charge on any atom is 0.313 e. The van der Waals surface area contributed by atoms with E-state index in [0.29, 0.717) is 17.8 Å². The highest BCUT2D eigenvalue weighted by Crippen LogP contribution is 2.20. The van der Waals surface area contributed by atoms with Crippen LogP contribution in [0, 0.1) is 6.92 Å². The van der Waals surface area contributed by atoms with E-state index in [4.69, 9.17) is 0 Å². The lowest BCUT2D eigenvalue weighted by molar-refractivity contribution is -0.142. The van der Waals surface area contributed by atoms with E-state index >= 15 is 0 Å². The summed E-state index contributed by atoms with van der Waals surface area (Å²) in [5.74, 6) is -1.20. The van der Waals surface area contributed by atoms with Crippen molar-refractivity contribution in [2.24, 2.45) is 0 Å². The van der Waals surface area contributed by atoms with Crippen LogP contribution in [0.25, 0.3) is 0 Å². The van der Waals surface area contributed by atoms with E-state index < -0.39 is 11.8 Å². The fraction of sp³-hybridized carbons (Fsp3) is 0.176. The van der Waals surface area contributed by atoms with E-state index in [-0.39, 0.29) is 5.75 Å². The van der Waals surface area contributed by atoms with Crippen LogP contribution in [0.4, 0.5) is 5.69 Å². The molecule has 0 spiro atoms. The molecule has 0 aliphatic heterocycles. The summed E-state index contributed by atoms with van der Waals surface area (Å²) in [4.78, 5) is 25.5. The quantitative estimate of drug-likeness (QED) is 0.675. The zero-order valence-electron chi connectivity index (χ0n) is 12.5. The molecule has 0 unspecified atom stereocenters. The maximum atomic E-state index is 12.1. The molecule has 0 aliphatic rings. The van der Waals surface area contributed by atoms with Gasteiger partial charge in [-0.05, 0) is 36.2 Å². The Balaban J connectivity index is 2.01. The van der Waals surface area contributed by atoms with Gasteiger partial charge in [-0.3, -0.25) is 9.59 Å². The second kappa shape index (κ2) is 6.76. The molecule has 0 saturated heterocycles. The number of nitrogens with one attached hydrogen (secondary N) is 1. The summed E-state index contributed by atoms with van der Waals surface area (Å²) in [6, 6.07) is 14.0. The SMILES string of the molecule is Cc1cc(O)ccc1NC(=O)C(=O)N(C)Cc1ccccc1. The normalized spacial score (nSPS) is 10.1. The van der Waals surface area contributed by atoms with E-state index in [0.717, 1.165) is 5.56 Å². The number of hydrogen-bond donors (Lipinski definition) is 2. The Hall–Kier alpha value is -2.82. The van der Waals surface area contributed by atoms with Crippen molar-refractivity contribution >= 4 is 17.5 Å². The molecule has 0 aromatic heterocycles. The van der Waals surface area contributed by atoms with Crippen LogP contribution >= 0.6 is 0 Å². The largest absolute Gasteiger partial charge is 0.508 e. The molecule has 2 N–H and O–H groups in total. The molecule has 2 aromatic rings. The molecule has 0 radical (unpaired) electrons. The number of nitrogens with zero attached hydrogens (tertiary/aromatic N) is 1. The molecule has 5 heteroatoms. The number of phenols is 1. The van der Waals surface area contributed by atoms with Crippen molar-refractivity contribution in [2.45, 2.75) is 13.5 Å². The molecule has 0 fully saturated rings. The van der Waals surface area contributed by atoms with Gasteiger partial charge in [-0.2, -0.15) is 0 Å². The van der Waals surface area contributed by atoms with Gasteiger partial charge in [0.1, 0.15) is 5.75 Å². The van der Waals surface area contributed by atoms with Gasteiger partial charge in [-0.25, -0.2) is 0 Å². The fourth-order valence-electron chi connectivity index (χ4n) is 2.07. The Morgan fingerprint density at radius 3 is 2.45 bits per heavy atom. The first kappa shape index (κ1) is 15.6. The number of phenolic OH excluding ortho intramolecular Hbond substituents is 1. The van der Waals surface area contributed by atoms with Crippen LogP contribution in [-0.4, -0.2) is 28.9 Å². The van der Waals surface area contributed by atoms with Gasteiger partial charge < -0.3 is 15.3 Å². The molecule has 2 amide bonds. The Labute approximate surface area is 129 Å². The third-order valence-electron chi connectivity index (χ3n) is 3.26. The van der Waals surface area contributed by atoms with Crippen molar-refractivity contribution in [1.29, 1.82) is 0 Å². The molecule has 0 aliphatic carbocycles. The van der Waals surface area contributed by atoms with Gasteiger partial charge in [-0.15, -0.1) is 0 Å². The summed E-state index contributed by atoms with van der Waals surface area (Å²) >= 11 is 0. The number of aryl methyl sites for hydroxylation is 1. The summed E-state index contributed by atoms with van der Waals surface area (Å²) in [6.07, 6.45) is 0. The number of rotatable bonds is 3. The van der Waals surface area contributed by atoms with Crippen molar-refractivity contribution in [3.8, 4) is 5.75 Å². The molecular weight excluding hydrogens is 280 g/mol. The molecule has 0 atom stereocenters. The van der Waals surface area contributed by atoms with Crippen molar-refractivity contribution < 1.29 is 14.7 Å². The lowest BCUT2D eigenvalue weighted by atomic mass is 10.2. The number of aromatic hydroxyl groups is 1. The minimum Gasteiger partial charge on any atom is -0.508 e. The number of carbonyl (C=O) groups excluding carboxylic acids is 2. The maximum absolute atomic E-state index is 12.1. The van der Waals surface area contributed by atoms with Crippen molar-refractivity contribution in [1.82, 2.24) is 4.90 Å². The second-order valence-electron chi connectivity index (χ2n) is 5.10.